The number of fused-ring (bicyclic) bond motifs is 1. The van der Waals surface area contributed by atoms with E-state index >= 15 is 0 Å². The Morgan fingerprint density at radius 2 is 2.17 bits per heavy atom. The Kier molecular flexibility index (Phi) is 5.65. The summed E-state index contributed by atoms with van der Waals surface area (Å²) in [5, 5.41) is 20.8. The van der Waals surface area contributed by atoms with Gasteiger partial charge in [-0.05, 0) is 31.2 Å². The SMILES string of the molecule is N#Cc1c(NC(=O)CSc2nncs2)sc2c1CCCCCC2. The molecule has 0 saturated carbocycles. The first kappa shape index (κ1) is 16.4. The highest BCUT2D eigenvalue weighted by Gasteiger charge is 2.20. The van der Waals surface area contributed by atoms with Crippen molar-refractivity contribution in [3.05, 3.63) is 21.5 Å². The number of aromatic nitrogens is 2. The standard InChI is InChI=1S/C15H16N4OS3/c16-7-11-10-5-3-1-2-4-6-12(10)23-14(11)18-13(20)8-21-15-19-17-9-22-15/h9H,1-6,8H2,(H,18,20). The number of thiophene rings is 1. The number of aryl methyl sites for hydroxylation is 1. The van der Waals surface area contributed by atoms with Crippen LogP contribution in [0.4, 0.5) is 5.00 Å². The van der Waals surface area contributed by atoms with Crippen LogP contribution in [0.5, 0.6) is 0 Å². The Balaban J connectivity index is 1.70. The van der Waals surface area contributed by atoms with Gasteiger partial charge in [0.15, 0.2) is 4.34 Å². The molecule has 0 fully saturated rings. The number of hydrogen-bond acceptors (Lipinski definition) is 7. The summed E-state index contributed by atoms with van der Waals surface area (Å²) in [4.78, 5) is 13.4. The fourth-order valence-corrected chi connectivity index (χ4v) is 5.19. The first-order valence-corrected chi connectivity index (χ1v) is 10.2. The third kappa shape index (κ3) is 4.10. The first-order valence-electron chi connectivity index (χ1n) is 7.51. The van der Waals surface area contributed by atoms with Gasteiger partial charge in [-0.3, -0.25) is 4.79 Å². The van der Waals surface area contributed by atoms with Gasteiger partial charge in [0.05, 0.1) is 11.3 Å². The number of anilines is 1. The summed E-state index contributed by atoms with van der Waals surface area (Å²) in [6.45, 7) is 0. The second kappa shape index (κ2) is 7.90. The molecule has 23 heavy (non-hydrogen) atoms. The lowest BCUT2D eigenvalue weighted by molar-refractivity contribution is -0.113. The molecule has 5 nitrogen and oxygen atoms in total. The van der Waals surface area contributed by atoms with Gasteiger partial charge in [-0.25, -0.2) is 0 Å². The van der Waals surface area contributed by atoms with E-state index in [4.69, 9.17) is 0 Å². The molecule has 1 amide bonds. The number of nitrogens with zero attached hydrogens (tertiary/aromatic N) is 3. The molecule has 120 valence electrons. The Hall–Kier alpha value is -1.43. The van der Waals surface area contributed by atoms with Crippen LogP contribution in [0.25, 0.3) is 0 Å². The largest absolute Gasteiger partial charge is 0.316 e. The summed E-state index contributed by atoms with van der Waals surface area (Å²) in [5.74, 6) is 0.179. The van der Waals surface area contributed by atoms with Crippen molar-refractivity contribution in [2.24, 2.45) is 0 Å². The molecule has 2 aromatic rings. The number of nitriles is 1. The molecule has 8 heteroatoms. The summed E-state index contributed by atoms with van der Waals surface area (Å²) in [6, 6.07) is 2.30. The predicted octanol–water partition coefficient (Wildman–Crippen LogP) is 3.86. The lowest BCUT2D eigenvalue weighted by Crippen LogP contribution is -2.13. The topological polar surface area (TPSA) is 78.7 Å². The minimum Gasteiger partial charge on any atom is -0.316 e. The maximum atomic E-state index is 12.1. The number of thioether (sulfide) groups is 1. The third-order valence-corrected chi connectivity index (χ3v) is 6.77. The molecule has 0 spiro atoms. The monoisotopic (exact) mass is 364 g/mol. The second-order valence-electron chi connectivity index (χ2n) is 5.28. The molecule has 1 N–H and O–H groups in total. The number of nitrogens with one attached hydrogen (secondary N) is 1. The molecule has 0 atom stereocenters. The van der Waals surface area contributed by atoms with E-state index in [-0.39, 0.29) is 11.7 Å². The van der Waals surface area contributed by atoms with Crippen molar-refractivity contribution >= 4 is 45.3 Å². The molecule has 0 radical (unpaired) electrons. The van der Waals surface area contributed by atoms with E-state index in [0.717, 1.165) is 29.2 Å². The fraction of sp³-hybridized carbons (Fsp3) is 0.467. The van der Waals surface area contributed by atoms with Gasteiger partial charge in [-0.15, -0.1) is 21.5 Å². The molecule has 1 aliphatic rings. The quantitative estimate of drug-likeness (QED) is 0.833. The number of amides is 1. The van der Waals surface area contributed by atoms with Gasteiger partial charge in [0, 0.05) is 4.88 Å². The van der Waals surface area contributed by atoms with Crippen molar-refractivity contribution in [3.63, 3.8) is 0 Å². The van der Waals surface area contributed by atoms with Crippen molar-refractivity contribution in [3.8, 4) is 6.07 Å². The van der Waals surface area contributed by atoms with E-state index in [9.17, 15) is 10.1 Å². The molecule has 0 saturated heterocycles. The van der Waals surface area contributed by atoms with E-state index in [1.165, 1.54) is 47.2 Å². The highest BCUT2D eigenvalue weighted by atomic mass is 32.2. The van der Waals surface area contributed by atoms with Crippen LogP contribution in [0, 0.1) is 11.3 Å². The first-order chi connectivity index (χ1) is 11.3. The average Bonchev–Trinajstić information content (AvgIpc) is 3.13. The number of carbonyl (C=O) groups excluding carboxylic acids is 1. The van der Waals surface area contributed by atoms with Crippen LogP contribution in [0.2, 0.25) is 0 Å². The zero-order chi connectivity index (χ0) is 16.1. The summed E-state index contributed by atoms with van der Waals surface area (Å²) in [7, 11) is 0. The molecule has 1 aliphatic carbocycles. The number of hydrogen-bond donors (Lipinski definition) is 1. The van der Waals surface area contributed by atoms with Crippen LogP contribution in [0.15, 0.2) is 9.85 Å². The van der Waals surface area contributed by atoms with Gasteiger partial charge in [-0.1, -0.05) is 35.9 Å². The van der Waals surface area contributed by atoms with E-state index < -0.39 is 0 Å². The van der Waals surface area contributed by atoms with Crippen molar-refractivity contribution in [2.45, 2.75) is 42.9 Å². The van der Waals surface area contributed by atoms with Crippen LogP contribution in [-0.2, 0) is 17.6 Å². The van der Waals surface area contributed by atoms with Crippen molar-refractivity contribution in [1.82, 2.24) is 10.2 Å². The van der Waals surface area contributed by atoms with Crippen molar-refractivity contribution in [1.29, 1.82) is 5.26 Å². The van der Waals surface area contributed by atoms with Gasteiger partial charge in [0.2, 0.25) is 5.91 Å². The summed E-state index contributed by atoms with van der Waals surface area (Å²) in [5.41, 5.74) is 3.47. The highest BCUT2D eigenvalue weighted by Crippen LogP contribution is 2.36. The average molecular weight is 365 g/mol. The van der Waals surface area contributed by atoms with Crippen molar-refractivity contribution < 1.29 is 4.79 Å². The Labute approximate surface area is 147 Å². The van der Waals surface area contributed by atoms with Crippen LogP contribution in [-0.4, -0.2) is 21.9 Å². The van der Waals surface area contributed by atoms with Gasteiger partial charge in [-0.2, -0.15) is 5.26 Å². The summed E-state index contributed by atoms with van der Waals surface area (Å²) in [6.07, 6.45) is 6.73. The van der Waals surface area contributed by atoms with Crippen LogP contribution >= 0.6 is 34.4 Å². The normalized spacial score (nSPS) is 14.4. The fourth-order valence-electron chi connectivity index (χ4n) is 2.64. The molecule has 0 aliphatic heterocycles. The molecular weight excluding hydrogens is 348 g/mol. The lowest BCUT2D eigenvalue weighted by atomic mass is 9.97. The molecule has 3 rings (SSSR count). The summed E-state index contributed by atoms with van der Waals surface area (Å²) < 4.78 is 0.777. The number of carbonyl (C=O) groups is 1. The number of rotatable bonds is 4. The van der Waals surface area contributed by atoms with Crippen LogP contribution in [0.3, 0.4) is 0 Å². The zero-order valence-electron chi connectivity index (χ0n) is 12.5. The zero-order valence-corrected chi connectivity index (χ0v) is 15.0. The molecular formula is C15H16N4OS3. The second-order valence-corrected chi connectivity index (χ2v) is 8.44. The maximum Gasteiger partial charge on any atom is 0.235 e. The molecule has 0 bridgehead atoms. The van der Waals surface area contributed by atoms with Gasteiger partial charge >= 0.3 is 0 Å². The van der Waals surface area contributed by atoms with Gasteiger partial charge in [0.1, 0.15) is 16.6 Å². The van der Waals surface area contributed by atoms with Gasteiger partial charge < -0.3 is 5.32 Å². The lowest BCUT2D eigenvalue weighted by Gasteiger charge is -2.08. The Morgan fingerprint density at radius 1 is 1.35 bits per heavy atom. The van der Waals surface area contributed by atoms with Crippen LogP contribution in [0.1, 0.15) is 41.7 Å². The van der Waals surface area contributed by atoms with E-state index in [0.29, 0.717) is 10.6 Å². The molecule has 2 aromatic heterocycles. The highest BCUT2D eigenvalue weighted by molar-refractivity contribution is 8.01. The van der Waals surface area contributed by atoms with Crippen molar-refractivity contribution in [2.75, 3.05) is 11.1 Å². The van der Waals surface area contributed by atoms with Crippen LogP contribution < -0.4 is 5.32 Å². The maximum absolute atomic E-state index is 12.1. The smallest absolute Gasteiger partial charge is 0.235 e. The molecule has 2 heterocycles. The van der Waals surface area contributed by atoms with E-state index in [1.54, 1.807) is 16.8 Å². The van der Waals surface area contributed by atoms with E-state index in [2.05, 4.69) is 21.6 Å². The molecule has 0 unspecified atom stereocenters. The summed E-state index contributed by atoms with van der Waals surface area (Å²) >= 11 is 4.35. The third-order valence-electron chi connectivity index (χ3n) is 3.70. The van der Waals surface area contributed by atoms with Gasteiger partial charge in [0.25, 0.3) is 0 Å². The Morgan fingerprint density at radius 3 is 2.91 bits per heavy atom. The minimum absolute atomic E-state index is 0.101. The Bertz CT molecular complexity index is 718. The van der Waals surface area contributed by atoms with E-state index in [1.807, 2.05) is 0 Å². The molecule has 0 aromatic carbocycles. The minimum atomic E-state index is -0.101. The predicted molar refractivity (Wildman–Crippen MR) is 94.2 cm³/mol.